The topological polar surface area (TPSA) is 32.3 Å². The van der Waals surface area contributed by atoms with Crippen LogP contribution in [0.4, 0.5) is 0 Å². The molecular formula is C16H25NO. The summed E-state index contributed by atoms with van der Waals surface area (Å²) in [6.07, 6.45) is 2.64. The van der Waals surface area contributed by atoms with Crippen LogP contribution in [0.1, 0.15) is 26.7 Å². The van der Waals surface area contributed by atoms with Gasteiger partial charge < -0.3 is 10.4 Å². The minimum absolute atomic E-state index is 0.350. The molecule has 0 heterocycles. The number of hydrogen-bond acceptors (Lipinski definition) is 2. The maximum absolute atomic E-state index is 9.37. The van der Waals surface area contributed by atoms with Gasteiger partial charge in [0.2, 0.25) is 0 Å². The molecule has 0 spiro atoms. The van der Waals surface area contributed by atoms with Crippen LogP contribution in [-0.2, 0) is 0 Å². The van der Waals surface area contributed by atoms with E-state index in [4.69, 9.17) is 0 Å². The van der Waals surface area contributed by atoms with Gasteiger partial charge in [0.15, 0.2) is 0 Å². The van der Waals surface area contributed by atoms with E-state index in [1.54, 1.807) is 6.07 Å². The Bertz CT molecular complexity index is 419. The number of rotatable bonds is 1. The first-order valence-electron chi connectivity index (χ1n) is 6.46. The lowest BCUT2D eigenvalue weighted by molar-refractivity contribution is 0.481. The van der Waals surface area contributed by atoms with Crippen molar-refractivity contribution in [3.63, 3.8) is 0 Å². The highest BCUT2D eigenvalue weighted by atomic mass is 16.3. The van der Waals surface area contributed by atoms with E-state index in [9.17, 15) is 5.11 Å². The van der Waals surface area contributed by atoms with Gasteiger partial charge in [0.25, 0.3) is 0 Å². The highest BCUT2D eigenvalue weighted by Gasteiger charge is 1.94. The zero-order chi connectivity index (χ0) is 13.8. The maximum Gasteiger partial charge on any atom is 0.123 e. The lowest BCUT2D eigenvalue weighted by atomic mass is 10.1. The molecule has 18 heavy (non-hydrogen) atoms. The van der Waals surface area contributed by atoms with E-state index >= 15 is 0 Å². The summed E-state index contributed by atoms with van der Waals surface area (Å²) in [5, 5.41) is 14.1. The predicted octanol–water partition coefficient (Wildman–Crippen LogP) is 4.19. The number of nitrogens with one attached hydrogen (secondary N) is 1. The number of phenolic OH excluding ortho intramolecular Hbond substituents is 1. The smallest absolute Gasteiger partial charge is 0.123 e. The molecule has 0 aliphatic rings. The minimum Gasteiger partial charge on any atom is -0.507 e. The molecule has 0 unspecified atom stereocenters. The third kappa shape index (κ3) is 6.26. The summed E-state index contributed by atoms with van der Waals surface area (Å²) in [5.41, 5.74) is 0. The van der Waals surface area contributed by atoms with Crippen LogP contribution in [0.25, 0.3) is 10.8 Å². The van der Waals surface area contributed by atoms with Gasteiger partial charge in [0.05, 0.1) is 0 Å². The molecule has 100 valence electrons. The Kier molecular flexibility index (Phi) is 9.70. The molecule has 0 aromatic heterocycles. The molecule has 0 atom stereocenters. The number of benzene rings is 2. The molecule has 0 amide bonds. The van der Waals surface area contributed by atoms with Crippen molar-refractivity contribution in [3.8, 4) is 5.75 Å². The van der Waals surface area contributed by atoms with Gasteiger partial charge in [0, 0.05) is 5.39 Å². The summed E-state index contributed by atoms with van der Waals surface area (Å²) < 4.78 is 0. The van der Waals surface area contributed by atoms with Crippen molar-refractivity contribution in [2.45, 2.75) is 26.7 Å². The van der Waals surface area contributed by atoms with Crippen LogP contribution < -0.4 is 5.32 Å². The van der Waals surface area contributed by atoms with E-state index in [1.165, 1.54) is 12.8 Å². The second-order valence-electron chi connectivity index (χ2n) is 4.00. The Morgan fingerprint density at radius 3 is 1.89 bits per heavy atom. The summed E-state index contributed by atoms with van der Waals surface area (Å²) in [6, 6.07) is 13.3. The van der Waals surface area contributed by atoms with Gasteiger partial charge >= 0.3 is 0 Å². The van der Waals surface area contributed by atoms with E-state index in [2.05, 4.69) is 19.2 Å². The molecule has 0 saturated heterocycles. The lowest BCUT2D eigenvalue weighted by Crippen LogP contribution is -1.89. The molecule has 2 aromatic carbocycles. The molecule has 0 aliphatic heterocycles. The Labute approximate surface area is 111 Å². The number of phenols is 1. The fraction of sp³-hybridized carbons (Fsp3) is 0.375. The van der Waals surface area contributed by atoms with Gasteiger partial charge in [-0.05, 0) is 25.5 Å². The van der Waals surface area contributed by atoms with Crippen LogP contribution in [0.5, 0.6) is 5.75 Å². The molecule has 2 N–H and O–H groups in total. The second kappa shape index (κ2) is 10.6. The van der Waals surface area contributed by atoms with Crippen molar-refractivity contribution in [1.82, 2.24) is 5.32 Å². The average molecular weight is 247 g/mol. The SMILES string of the molecule is CCCC.CNC.Oc1cccc2ccccc12. The average Bonchev–Trinajstić information content (AvgIpc) is 2.41. The van der Waals surface area contributed by atoms with E-state index < -0.39 is 0 Å². The molecule has 2 nitrogen and oxygen atoms in total. The van der Waals surface area contributed by atoms with Crippen LogP contribution >= 0.6 is 0 Å². The van der Waals surface area contributed by atoms with Crippen molar-refractivity contribution in [3.05, 3.63) is 42.5 Å². The molecule has 2 rings (SSSR count). The van der Waals surface area contributed by atoms with E-state index in [1.807, 2.05) is 50.5 Å². The van der Waals surface area contributed by atoms with Gasteiger partial charge in [-0.2, -0.15) is 0 Å². The van der Waals surface area contributed by atoms with Crippen LogP contribution in [0.2, 0.25) is 0 Å². The quantitative estimate of drug-likeness (QED) is 0.792. The van der Waals surface area contributed by atoms with Crippen molar-refractivity contribution >= 4 is 10.8 Å². The van der Waals surface area contributed by atoms with Crippen molar-refractivity contribution in [2.24, 2.45) is 0 Å². The second-order valence-corrected chi connectivity index (χ2v) is 4.00. The van der Waals surface area contributed by atoms with E-state index in [0.29, 0.717) is 5.75 Å². The van der Waals surface area contributed by atoms with Crippen molar-refractivity contribution < 1.29 is 5.11 Å². The predicted molar refractivity (Wildman–Crippen MR) is 81.2 cm³/mol. The molecule has 0 aliphatic carbocycles. The van der Waals surface area contributed by atoms with Crippen molar-refractivity contribution in [1.29, 1.82) is 0 Å². The zero-order valence-electron chi connectivity index (χ0n) is 11.9. The highest BCUT2D eigenvalue weighted by molar-refractivity contribution is 5.87. The molecule has 2 heteroatoms. The fourth-order valence-corrected chi connectivity index (χ4v) is 1.21. The zero-order valence-corrected chi connectivity index (χ0v) is 11.9. The first kappa shape index (κ1) is 16.5. The third-order valence-corrected chi connectivity index (χ3v) is 2.27. The fourth-order valence-electron chi connectivity index (χ4n) is 1.21. The Morgan fingerprint density at radius 1 is 0.889 bits per heavy atom. The molecule has 2 aromatic rings. The number of unbranched alkanes of at least 4 members (excludes halogenated alkanes) is 1. The highest BCUT2D eigenvalue weighted by Crippen LogP contribution is 2.22. The summed E-state index contributed by atoms with van der Waals surface area (Å²) >= 11 is 0. The Balaban J connectivity index is 0.000000351. The summed E-state index contributed by atoms with van der Waals surface area (Å²) in [6.45, 7) is 4.36. The molecular weight excluding hydrogens is 222 g/mol. The van der Waals surface area contributed by atoms with Crippen LogP contribution in [0, 0.1) is 0 Å². The van der Waals surface area contributed by atoms with Gasteiger partial charge in [-0.25, -0.2) is 0 Å². The normalized spacial score (nSPS) is 8.89. The van der Waals surface area contributed by atoms with Crippen molar-refractivity contribution in [2.75, 3.05) is 14.1 Å². The number of hydrogen-bond donors (Lipinski definition) is 2. The Morgan fingerprint density at radius 2 is 1.39 bits per heavy atom. The van der Waals surface area contributed by atoms with E-state index in [0.717, 1.165) is 10.8 Å². The number of fused-ring (bicyclic) bond motifs is 1. The summed E-state index contributed by atoms with van der Waals surface area (Å²) in [4.78, 5) is 0. The van der Waals surface area contributed by atoms with Gasteiger partial charge in [-0.1, -0.05) is 63.1 Å². The van der Waals surface area contributed by atoms with Gasteiger partial charge in [-0.3, -0.25) is 0 Å². The molecule has 0 bridgehead atoms. The first-order valence-corrected chi connectivity index (χ1v) is 6.46. The standard InChI is InChI=1S/C10H8O.C4H10.C2H7N/c11-10-7-3-5-8-4-1-2-6-9(8)10;1-3-4-2;1-3-2/h1-7,11H;3-4H2,1-2H3;3H,1-2H3. The van der Waals surface area contributed by atoms with Gasteiger partial charge in [-0.15, -0.1) is 0 Å². The maximum atomic E-state index is 9.37. The minimum atomic E-state index is 0.350. The van der Waals surface area contributed by atoms with Crippen LogP contribution in [0.15, 0.2) is 42.5 Å². The van der Waals surface area contributed by atoms with Crippen LogP contribution in [0.3, 0.4) is 0 Å². The molecule has 0 radical (unpaired) electrons. The lowest BCUT2D eigenvalue weighted by Gasteiger charge is -1.97. The molecule has 0 saturated carbocycles. The van der Waals surface area contributed by atoms with E-state index in [-0.39, 0.29) is 0 Å². The Hall–Kier alpha value is -1.54. The summed E-state index contributed by atoms with van der Waals surface area (Å²) in [7, 11) is 3.75. The number of aromatic hydroxyl groups is 1. The van der Waals surface area contributed by atoms with Gasteiger partial charge in [0.1, 0.15) is 5.75 Å². The monoisotopic (exact) mass is 247 g/mol. The first-order chi connectivity index (χ1) is 8.71. The largest absolute Gasteiger partial charge is 0.507 e. The molecule has 0 fully saturated rings. The summed E-state index contributed by atoms with van der Waals surface area (Å²) in [5.74, 6) is 0.350. The van der Waals surface area contributed by atoms with Crippen LogP contribution in [-0.4, -0.2) is 19.2 Å². The third-order valence-electron chi connectivity index (χ3n) is 2.27.